The highest BCUT2D eigenvalue weighted by Crippen LogP contribution is 2.22. The van der Waals surface area contributed by atoms with Gasteiger partial charge in [-0.1, -0.05) is 37.6 Å². The lowest BCUT2D eigenvalue weighted by Gasteiger charge is -2.26. The van der Waals surface area contributed by atoms with Gasteiger partial charge in [0.2, 0.25) is 5.82 Å². The van der Waals surface area contributed by atoms with Gasteiger partial charge in [-0.3, -0.25) is 4.79 Å². The zero-order valence-electron chi connectivity index (χ0n) is 15.8. The summed E-state index contributed by atoms with van der Waals surface area (Å²) in [6, 6.07) is 7.72. The van der Waals surface area contributed by atoms with Gasteiger partial charge in [0.15, 0.2) is 0 Å². The fourth-order valence-corrected chi connectivity index (χ4v) is 3.58. The van der Waals surface area contributed by atoms with Crippen molar-refractivity contribution >= 4 is 29.9 Å². The summed E-state index contributed by atoms with van der Waals surface area (Å²) in [5, 5.41) is 8.47. The second-order valence-electron chi connectivity index (χ2n) is 6.61. The Bertz CT molecular complexity index is 758. The van der Waals surface area contributed by atoms with Crippen molar-refractivity contribution in [2.24, 2.45) is 0 Å². The minimum Gasteiger partial charge on any atom is -0.332 e. The van der Waals surface area contributed by atoms with Crippen molar-refractivity contribution in [2.75, 3.05) is 19.6 Å². The molecule has 1 aromatic heterocycles. The topological polar surface area (TPSA) is 63.1 Å². The Kier molecular flexibility index (Phi) is 8.07. The lowest BCUT2D eigenvalue weighted by Crippen LogP contribution is -2.42. The van der Waals surface area contributed by atoms with Crippen LogP contribution in [0.4, 0.5) is 0 Å². The predicted octanol–water partition coefficient (Wildman–Crippen LogP) is 3.51. The zero-order chi connectivity index (χ0) is 18.5. The Hall–Kier alpha value is -1.63. The van der Waals surface area contributed by atoms with E-state index < -0.39 is 0 Å². The van der Waals surface area contributed by atoms with E-state index >= 15 is 0 Å². The number of aryl methyl sites for hydroxylation is 1. The molecular weight excluding hydrogens is 385 g/mol. The number of rotatable bonds is 7. The van der Waals surface area contributed by atoms with Crippen molar-refractivity contribution in [1.82, 2.24) is 25.0 Å². The molecule has 1 amide bonds. The molecule has 1 fully saturated rings. The molecule has 148 valence electrons. The monoisotopic (exact) mass is 411 g/mol. The molecule has 6 nitrogen and oxygen atoms in total. The molecule has 3 rings (SSSR count). The van der Waals surface area contributed by atoms with Crippen molar-refractivity contribution in [3.8, 4) is 5.69 Å². The molecule has 0 bridgehead atoms. The molecule has 0 saturated carbocycles. The van der Waals surface area contributed by atoms with Crippen LogP contribution in [0.5, 0.6) is 0 Å². The third-order valence-electron chi connectivity index (χ3n) is 4.62. The molecule has 0 radical (unpaired) electrons. The van der Waals surface area contributed by atoms with Gasteiger partial charge < -0.3 is 10.2 Å². The summed E-state index contributed by atoms with van der Waals surface area (Å²) in [5.74, 6) is 0.933. The maximum Gasteiger partial charge on any atom is 0.293 e. The van der Waals surface area contributed by atoms with E-state index in [2.05, 4.69) is 29.2 Å². The molecule has 27 heavy (non-hydrogen) atoms. The highest BCUT2D eigenvalue weighted by molar-refractivity contribution is 6.32. The summed E-state index contributed by atoms with van der Waals surface area (Å²) in [6.07, 6.45) is 3.54. The molecule has 1 aliphatic heterocycles. The molecule has 0 spiro atoms. The number of nitrogens with zero attached hydrogens (tertiary/aromatic N) is 4. The summed E-state index contributed by atoms with van der Waals surface area (Å²) in [5.41, 5.74) is 0.758. The largest absolute Gasteiger partial charge is 0.332 e. The van der Waals surface area contributed by atoms with E-state index in [1.807, 2.05) is 29.2 Å². The summed E-state index contributed by atoms with van der Waals surface area (Å²) in [6.45, 7) is 6.66. The fraction of sp³-hybridized carbons (Fsp3) is 0.526. The van der Waals surface area contributed by atoms with Crippen LogP contribution in [0.25, 0.3) is 5.69 Å². The second kappa shape index (κ2) is 10.1. The second-order valence-corrected chi connectivity index (χ2v) is 7.02. The molecule has 1 N–H and O–H groups in total. The van der Waals surface area contributed by atoms with E-state index in [0.29, 0.717) is 5.02 Å². The van der Waals surface area contributed by atoms with Crippen LogP contribution in [0.2, 0.25) is 5.02 Å². The van der Waals surface area contributed by atoms with Gasteiger partial charge in [0.25, 0.3) is 5.91 Å². The summed E-state index contributed by atoms with van der Waals surface area (Å²) in [4.78, 5) is 19.6. The summed E-state index contributed by atoms with van der Waals surface area (Å²) in [7, 11) is 0. The van der Waals surface area contributed by atoms with Crippen LogP contribution in [0, 0.1) is 0 Å². The number of carbonyl (C=O) groups is 1. The highest BCUT2D eigenvalue weighted by atomic mass is 35.5. The Morgan fingerprint density at radius 2 is 2.11 bits per heavy atom. The minimum atomic E-state index is -0.0938. The number of nitrogens with one attached hydrogen (secondary N) is 1. The first-order chi connectivity index (χ1) is 12.7. The summed E-state index contributed by atoms with van der Waals surface area (Å²) < 4.78 is 1.72. The standard InChI is InChI=1S/C19H26ClN5O.ClH/c1-3-7-17-22-18(23-25(17)16-9-6-5-8-15(16)20)19(26)24(12-4-2)14-10-11-21-13-14;/h5-6,8-9,14,21H,3-4,7,10-13H2,1-2H3;1H. The molecule has 1 saturated heterocycles. The third kappa shape index (κ3) is 4.81. The Balaban J connectivity index is 0.00000261. The first-order valence-electron chi connectivity index (χ1n) is 9.38. The lowest BCUT2D eigenvalue weighted by atomic mass is 10.2. The molecule has 2 aromatic rings. The van der Waals surface area contributed by atoms with Gasteiger partial charge in [-0.2, -0.15) is 0 Å². The summed E-state index contributed by atoms with van der Waals surface area (Å²) >= 11 is 6.34. The maximum atomic E-state index is 13.1. The van der Waals surface area contributed by atoms with Crippen molar-refractivity contribution < 1.29 is 4.79 Å². The number of amides is 1. The molecule has 1 unspecified atom stereocenters. The number of hydrogen-bond acceptors (Lipinski definition) is 4. The molecule has 1 aliphatic rings. The number of carbonyl (C=O) groups excluding carboxylic acids is 1. The van der Waals surface area contributed by atoms with Crippen LogP contribution in [0.1, 0.15) is 49.6 Å². The number of halogens is 2. The molecule has 1 aromatic carbocycles. The van der Waals surface area contributed by atoms with Crippen molar-refractivity contribution in [3.05, 3.63) is 40.9 Å². The van der Waals surface area contributed by atoms with E-state index in [1.165, 1.54) is 0 Å². The number of hydrogen-bond donors (Lipinski definition) is 1. The van der Waals surface area contributed by atoms with E-state index in [1.54, 1.807) is 4.68 Å². The Labute approximate surface area is 171 Å². The van der Waals surface area contributed by atoms with Gasteiger partial charge in [0.05, 0.1) is 10.7 Å². The van der Waals surface area contributed by atoms with E-state index in [-0.39, 0.29) is 30.2 Å². The van der Waals surface area contributed by atoms with Crippen LogP contribution in [-0.2, 0) is 6.42 Å². The Morgan fingerprint density at radius 1 is 1.33 bits per heavy atom. The normalized spacial score (nSPS) is 16.2. The predicted molar refractivity (Wildman–Crippen MR) is 110 cm³/mol. The first kappa shape index (κ1) is 21.7. The molecule has 8 heteroatoms. The van der Waals surface area contributed by atoms with Gasteiger partial charge >= 0.3 is 0 Å². The Morgan fingerprint density at radius 3 is 2.74 bits per heavy atom. The molecule has 0 aliphatic carbocycles. The van der Waals surface area contributed by atoms with Crippen molar-refractivity contribution in [3.63, 3.8) is 0 Å². The van der Waals surface area contributed by atoms with Gasteiger partial charge in [0, 0.05) is 25.6 Å². The molecule has 2 heterocycles. The van der Waals surface area contributed by atoms with Crippen LogP contribution >= 0.6 is 24.0 Å². The number of benzene rings is 1. The van der Waals surface area contributed by atoms with Crippen molar-refractivity contribution in [1.29, 1.82) is 0 Å². The molecule has 1 atom stereocenters. The van der Waals surface area contributed by atoms with Gasteiger partial charge in [-0.05, 0) is 37.9 Å². The van der Waals surface area contributed by atoms with Gasteiger partial charge in [-0.25, -0.2) is 9.67 Å². The SMILES string of the molecule is CCCc1nc(C(=O)N(CCC)C2CCNC2)nn1-c1ccccc1Cl.Cl. The van der Waals surface area contributed by atoms with E-state index in [9.17, 15) is 4.79 Å². The van der Waals surface area contributed by atoms with Gasteiger partial charge in [-0.15, -0.1) is 17.5 Å². The van der Waals surface area contributed by atoms with Crippen LogP contribution < -0.4 is 5.32 Å². The number of para-hydroxylation sites is 1. The highest BCUT2D eigenvalue weighted by Gasteiger charge is 2.29. The van der Waals surface area contributed by atoms with Crippen molar-refractivity contribution in [2.45, 2.75) is 45.6 Å². The van der Waals surface area contributed by atoms with E-state index in [0.717, 1.165) is 56.8 Å². The molecular formula is C19H27Cl2N5O. The lowest BCUT2D eigenvalue weighted by molar-refractivity contribution is 0.0679. The minimum absolute atomic E-state index is 0. The third-order valence-corrected chi connectivity index (χ3v) is 4.94. The van der Waals surface area contributed by atoms with Crippen LogP contribution in [0.15, 0.2) is 24.3 Å². The van der Waals surface area contributed by atoms with Gasteiger partial charge in [0.1, 0.15) is 5.82 Å². The first-order valence-corrected chi connectivity index (χ1v) is 9.76. The number of aromatic nitrogens is 3. The average molecular weight is 412 g/mol. The fourth-order valence-electron chi connectivity index (χ4n) is 3.36. The average Bonchev–Trinajstić information content (AvgIpc) is 3.30. The van der Waals surface area contributed by atoms with E-state index in [4.69, 9.17) is 11.6 Å². The zero-order valence-corrected chi connectivity index (χ0v) is 17.4. The quantitative estimate of drug-likeness (QED) is 0.756. The smallest absolute Gasteiger partial charge is 0.293 e. The maximum absolute atomic E-state index is 13.1. The van der Waals surface area contributed by atoms with Crippen LogP contribution in [0.3, 0.4) is 0 Å². The van der Waals surface area contributed by atoms with Crippen LogP contribution in [-0.4, -0.2) is 51.2 Å².